The molecule has 0 spiro atoms. The molecular formula is C26H24N6O. The number of hydrogen-bond acceptors (Lipinski definition) is 6. The Morgan fingerprint density at radius 2 is 1.55 bits per heavy atom. The lowest BCUT2D eigenvalue weighted by atomic mass is 10.0. The molecular weight excluding hydrogens is 412 g/mol. The molecule has 0 bridgehead atoms. The monoisotopic (exact) mass is 436 g/mol. The number of nitrogens with zero attached hydrogens (tertiary/aromatic N) is 5. The molecule has 0 amide bonds. The molecule has 3 aromatic heterocycles. The second-order valence-corrected chi connectivity index (χ2v) is 8.15. The Hall–Kier alpha value is -4.26. The van der Waals surface area contributed by atoms with Gasteiger partial charge in [0.2, 0.25) is 5.95 Å². The van der Waals surface area contributed by atoms with Crippen molar-refractivity contribution in [2.75, 3.05) is 5.32 Å². The van der Waals surface area contributed by atoms with Crippen LogP contribution >= 0.6 is 0 Å². The van der Waals surface area contributed by atoms with E-state index in [0.717, 1.165) is 33.7 Å². The first-order valence-electron chi connectivity index (χ1n) is 10.7. The van der Waals surface area contributed by atoms with E-state index in [1.165, 1.54) is 5.56 Å². The molecule has 1 N–H and O–H groups in total. The number of hydrogen-bond donors (Lipinski definition) is 1. The summed E-state index contributed by atoms with van der Waals surface area (Å²) in [6, 6.07) is 16.3. The number of aryl methyl sites for hydroxylation is 4. The van der Waals surface area contributed by atoms with Gasteiger partial charge in [0.25, 0.3) is 5.88 Å². The first kappa shape index (κ1) is 20.6. The first-order chi connectivity index (χ1) is 16.0. The highest BCUT2D eigenvalue weighted by Crippen LogP contribution is 2.35. The van der Waals surface area contributed by atoms with E-state index < -0.39 is 0 Å². The van der Waals surface area contributed by atoms with Crippen molar-refractivity contribution in [2.45, 2.75) is 20.8 Å². The molecule has 0 aliphatic carbocycles. The molecule has 3 heterocycles. The number of nitrogens with one attached hydrogen (secondary N) is 1. The van der Waals surface area contributed by atoms with Crippen molar-refractivity contribution in [1.82, 2.24) is 24.5 Å². The van der Waals surface area contributed by atoms with Gasteiger partial charge in [-0.05, 0) is 79.4 Å². The minimum absolute atomic E-state index is 0.415. The highest BCUT2D eigenvalue weighted by molar-refractivity contribution is 5.79. The number of benzene rings is 2. The third-order valence-corrected chi connectivity index (χ3v) is 5.51. The fraction of sp³-hybridized carbons (Fsp3) is 0.154. The minimum Gasteiger partial charge on any atom is -0.436 e. The summed E-state index contributed by atoms with van der Waals surface area (Å²) in [7, 11) is 1.90. The van der Waals surface area contributed by atoms with Crippen LogP contribution in [-0.4, -0.2) is 24.5 Å². The van der Waals surface area contributed by atoms with Crippen LogP contribution in [0.2, 0.25) is 0 Å². The quantitative estimate of drug-likeness (QED) is 0.370. The van der Waals surface area contributed by atoms with Gasteiger partial charge >= 0.3 is 0 Å². The minimum atomic E-state index is 0.415. The first-order valence-corrected chi connectivity index (χ1v) is 10.7. The summed E-state index contributed by atoms with van der Waals surface area (Å²) >= 11 is 0. The largest absolute Gasteiger partial charge is 0.436 e. The SMILES string of the molecule is Cc1ccc(Nc2nc(Oc3c(C)cc(-c4ccncc4)cc3C)c3ncn(C)c3n2)cc1. The van der Waals surface area contributed by atoms with E-state index in [1.54, 1.807) is 18.7 Å². The number of pyridine rings is 1. The van der Waals surface area contributed by atoms with E-state index in [1.807, 2.05) is 61.9 Å². The van der Waals surface area contributed by atoms with E-state index in [0.29, 0.717) is 23.0 Å². The van der Waals surface area contributed by atoms with Gasteiger partial charge in [-0.25, -0.2) is 4.98 Å². The highest BCUT2D eigenvalue weighted by Gasteiger charge is 2.17. The molecule has 0 atom stereocenters. The summed E-state index contributed by atoms with van der Waals surface area (Å²) in [6.07, 6.45) is 5.31. The Bertz CT molecular complexity index is 1420. The summed E-state index contributed by atoms with van der Waals surface area (Å²) in [6.45, 7) is 6.13. The van der Waals surface area contributed by atoms with Crippen LogP contribution in [-0.2, 0) is 7.05 Å². The lowest BCUT2D eigenvalue weighted by Gasteiger charge is -2.15. The van der Waals surface area contributed by atoms with E-state index >= 15 is 0 Å². The molecule has 0 aliphatic rings. The maximum atomic E-state index is 6.38. The van der Waals surface area contributed by atoms with E-state index in [-0.39, 0.29) is 0 Å². The summed E-state index contributed by atoms with van der Waals surface area (Å²) in [5, 5.41) is 3.28. The van der Waals surface area contributed by atoms with Gasteiger partial charge in [0.15, 0.2) is 11.2 Å². The summed E-state index contributed by atoms with van der Waals surface area (Å²) in [4.78, 5) is 17.9. The molecule has 5 aromatic rings. The molecule has 0 aliphatic heterocycles. The molecule has 0 saturated heterocycles. The van der Waals surface area contributed by atoms with Crippen molar-refractivity contribution in [1.29, 1.82) is 0 Å². The molecule has 5 rings (SSSR count). The van der Waals surface area contributed by atoms with Gasteiger partial charge in [-0.15, -0.1) is 0 Å². The van der Waals surface area contributed by atoms with Crippen LogP contribution in [0.4, 0.5) is 11.6 Å². The number of imidazole rings is 1. The molecule has 0 unspecified atom stereocenters. The van der Waals surface area contributed by atoms with Crippen molar-refractivity contribution in [3.8, 4) is 22.8 Å². The average Bonchev–Trinajstić information content (AvgIpc) is 3.19. The van der Waals surface area contributed by atoms with E-state index in [4.69, 9.17) is 4.74 Å². The van der Waals surface area contributed by atoms with Crippen LogP contribution in [0.15, 0.2) is 67.3 Å². The van der Waals surface area contributed by atoms with Gasteiger partial charge in [0, 0.05) is 25.1 Å². The van der Waals surface area contributed by atoms with Gasteiger partial charge in [-0.3, -0.25) is 4.98 Å². The van der Waals surface area contributed by atoms with Crippen molar-refractivity contribution >= 4 is 22.8 Å². The standard InChI is InChI=1S/C26H24N6O/c1-16-5-7-21(8-6-16)29-26-30-24-22(28-15-32(24)4)25(31-26)33-23-17(2)13-20(14-18(23)3)19-9-11-27-12-10-19/h5-15H,1-4H3,(H,29,30,31). The smallest absolute Gasteiger partial charge is 0.252 e. The van der Waals surface area contributed by atoms with Gasteiger partial charge in [-0.2, -0.15) is 9.97 Å². The molecule has 0 saturated carbocycles. The van der Waals surface area contributed by atoms with Gasteiger partial charge in [0.1, 0.15) is 5.75 Å². The Labute approximate surface area is 192 Å². The normalized spacial score (nSPS) is 11.0. The molecule has 2 aromatic carbocycles. The van der Waals surface area contributed by atoms with Crippen LogP contribution in [0.3, 0.4) is 0 Å². The lowest BCUT2D eigenvalue weighted by molar-refractivity contribution is 0.461. The van der Waals surface area contributed by atoms with Gasteiger partial charge in [0.05, 0.1) is 6.33 Å². The Morgan fingerprint density at radius 1 is 0.848 bits per heavy atom. The highest BCUT2D eigenvalue weighted by atomic mass is 16.5. The maximum absolute atomic E-state index is 6.38. The predicted octanol–water partition coefficient (Wildman–Crippen LogP) is 5.89. The Balaban J connectivity index is 1.54. The number of aromatic nitrogens is 5. The molecule has 7 nitrogen and oxygen atoms in total. The van der Waals surface area contributed by atoms with Crippen LogP contribution in [0.1, 0.15) is 16.7 Å². The van der Waals surface area contributed by atoms with Crippen molar-refractivity contribution in [3.63, 3.8) is 0 Å². The maximum Gasteiger partial charge on any atom is 0.252 e. The predicted molar refractivity (Wildman–Crippen MR) is 130 cm³/mol. The summed E-state index contributed by atoms with van der Waals surface area (Å²) in [5.74, 6) is 1.63. The van der Waals surface area contributed by atoms with Crippen LogP contribution in [0, 0.1) is 20.8 Å². The van der Waals surface area contributed by atoms with Crippen molar-refractivity contribution in [2.24, 2.45) is 7.05 Å². The third-order valence-electron chi connectivity index (χ3n) is 5.51. The van der Waals surface area contributed by atoms with Gasteiger partial charge < -0.3 is 14.6 Å². The topological polar surface area (TPSA) is 77.8 Å². The summed E-state index contributed by atoms with van der Waals surface area (Å²) < 4.78 is 8.23. The van der Waals surface area contributed by atoms with Crippen molar-refractivity contribution in [3.05, 3.63) is 83.9 Å². The number of anilines is 2. The molecule has 164 valence electrons. The second kappa shape index (κ2) is 8.35. The molecule has 7 heteroatoms. The average molecular weight is 437 g/mol. The van der Waals surface area contributed by atoms with Crippen LogP contribution in [0.25, 0.3) is 22.3 Å². The van der Waals surface area contributed by atoms with Crippen LogP contribution in [0.5, 0.6) is 11.6 Å². The number of fused-ring (bicyclic) bond motifs is 1. The fourth-order valence-corrected chi connectivity index (χ4v) is 3.79. The van der Waals surface area contributed by atoms with E-state index in [2.05, 4.69) is 44.3 Å². The van der Waals surface area contributed by atoms with Crippen LogP contribution < -0.4 is 10.1 Å². The zero-order chi connectivity index (χ0) is 22.9. The number of ether oxygens (including phenoxy) is 1. The molecule has 33 heavy (non-hydrogen) atoms. The molecule has 0 radical (unpaired) electrons. The fourth-order valence-electron chi connectivity index (χ4n) is 3.79. The Kier molecular flexibility index (Phi) is 5.22. The zero-order valence-corrected chi connectivity index (χ0v) is 19.0. The lowest BCUT2D eigenvalue weighted by Crippen LogP contribution is -2.02. The third kappa shape index (κ3) is 4.13. The van der Waals surface area contributed by atoms with E-state index in [9.17, 15) is 0 Å². The number of rotatable bonds is 5. The Morgan fingerprint density at radius 3 is 2.24 bits per heavy atom. The summed E-state index contributed by atoms with van der Waals surface area (Å²) in [5.41, 5.74) is 7.65. The molecule has 0 fully saturated rings. The van der Waals surface area contributed by atoms with Gasteiger partial charge in [-0.1, -0.05) is 17.7 Å². The second-order valence-electron chi connectivity index (χ2n) is 8.15. The van der Waals surface area contributed by atoms with Crippen molar-refractivity contribution < 1.29 is 4.74 Å². The zero-order valence-electron chi connectivity index (χ0n) is 19.0.